The van der Waals surface area contributed by atoms with E-state index in [9.17, 15) is 4.79 Å². The number of rotatable bonds is 1. The Morgan fingerprint density at radius 3 is 2.91 bits per heavy atom. The molecule has 0 aromatic heterocycles. The molecule has 1 unspecified atom stereocenters. The molecule has 62 valence electrons. The second-order valence-corrected chi connectivity index (χ2v) is 2.26. The molecule has 4 heteroatoms. The number of esters is 1. The van der Waals surface area contributed by atoms with E-state index in [2.05, 4.69) is 0 Å². The van der Waals surface area contributed by atoms with Gasteiger partial charge >= 0.3 is 5.97 Å². The summed E-state index contributed by atoms with van der Waals surface area (Å²) in [5, 5.41) is 8.81. The van der Waals surface area contributed by atoms with Crippen molar-refractivity contribution in [2.75, 3.05) is 6.61 Å². The molecule has 0 aromatic carbocycles. The summed E-state index contributed by atoms with van der Waals surface area (Å²) in [4.78, 5) is 10.4. The van der Waals surface area contributed by atoms with Crippen molar-refractivity contribution in [3.63, 3.8) is 0 Å². The van der Waals surface area contributed by atoms with Gasteiger partial charge in [0.05, 0.1) is 6.61 Å². The predicted molar refractivity (Wildman–Crippen MR) is 36.7 cm³/mol. The van der Waals surface area contributed by atoms with Crippen molar-refractivity contribution in [1.29, 1.82) is 0 Å². The van der Waals surface area contributed by atoms with Gasteiger partial charge in [0.15, 0.2) is 6.29 Å². The van der Waals surface area contributed by atoms with Crippen molar-refractivity contribution in [3.05, 3.63) is 12.2 Å². The molecule has 0 saturated heterocycles. The summed E-state index contributed by atoms with van der Waals surface area (Å²) in [5.41, 5.74) is 0. The topological polar surface area (TPSA) is 55.8 Å². The first kappa shape index (κ1) is 8.23. The van der Waals surface area contributed by atoms with Crippen molar-refractivity contribution in [1.82, 2.24) is 0 Å². The highest BCUT2D eigenvalue weighted by atomic mass is 16.6. The fourth-order valence-corrected chi connectivity index (χ4v) is 0.810. The fourth-order valence-electron chi connectivity index (χ4n) is 0.810. The van der Waals surface area contributed by atoms with Crippen molar-refractivity contribution in [3.8, 4) is 0 Å². The van der Waals surface area contributed by atoms with Crippen LogP contribution < -0.4 is 0 Å². The van der Waals surface area contributed by atoms with Gasteiger partial charge in [0.1, 0.15) is 6.10 Å². The van der Waals surface area contributed by atoms with Crippen molar-refractivity contribution < 1.29 is 19.4 Å². The smallest absolute Gasteiger partial charge is 0.303 e. The van der Waals surface area contributed by atoms with Gasteiger partial charge in [-0.25, -0.2) is 0 Å². The zero-order valence-corrected chi connectivity index (χ0v) is 6.19. The third-order valence-corrected chi connectivity index (χ3v) is 1.24. The van der Waals surface area contributed by atoms with Crippen molar-refractivity contribution in [2.24, 2.45) is 0 Å². The van der Waals surface area contributed by atoms with Gasteiger partial charge in [0, 0.05) is 6.92 Å². The van der Waals surface area contributed by atoms with Gasteiger partial charge in [-0.15, -0.1) is 0 Å². The van der Waals surface area contributed by atoms with Crippen LogP contribution in [0.3, 0.4) is 0 Å². The summed E-state index contributed by atoms with van der Waals surface area (Å²) in [6.07, 6.45) is 1.84. The van der Waals surface area contributed by atoms with Gasteiger partial charge in [-0.2, -0.15) is 0 Å². The second-order valence-electron chi connectivity index (χ2n) is 2.26. The fraction of sp³-hybridized carbons (Fsp3) is 0.571. The van der Waals surface area contributed by atoms with Crippen LogP contribution >= 0.6 is 0 Å². The highest BCUT2D eigenvalue weighted by Gasteiger charge is 2.15. The normalized spacial score (nSPS) is 30.0. The zero-order valence-electron chi connectivity index (χ0n) is 6.19. The molecule has 0 fully saturated rings. The number of hydrogen-bond donors (Lipinski definition) is 1. The summed E-state index contributed by atoms with van der Waals surface area (Å²) in [6, 6.07) is 0. The van der Waals surface area contributed by atoms with Crippen LogP contribution in [0.15, 0.2) is 12.2 Å². The van der Waals surface area contributed by atoms with Gasteiger partial charge in [-0.05, 0) is 12.2 Å². The summed E-state index contributed by atoms with van der Waals surface area (Å²) in [7, 11) is 0. The summed E-state index contributed by atoms with van der Waals surface area (Å²) in [5.74, 6) is -0.348. The highest BCUT2D eigenvalue weighted by Crippen LogP contribution is 2.05. The molecule has 0 amide bonds. The molecule has 0 saturated carbocycles. The maximum Gasteiger partial charge on any atom is 0.303 e. The molecule has 0 bridgehead atoms. The summed E-state index contributed by atoms with van der Waals surface area (Å²) < 4.78 is 9.56. The van der Waals surface area contributed by atoms with E-state index in [4.69, 9.17) is 14.6 Å². The predicted octanol–water partition coefficient (Wildman–Crippen LogP) is -0.177. The third-order valence-electron chi connectivity index (χ3n) is 1.24. The average molecular weight is 158 g/mol. The number of hydrogen-bond acceptors (Lipinski definition) is 4. The van der Waals surface area contributed by atoms with E-state index in [0.29, 0.717) is 0 Å². The quantitative estimate of drug-likeness (QED) is 0.425. The number of carbonyl (C=O) groups excluding carboxylic acids is 1. The maximum absolute atomic E-state index is 10.4. The van der Waals surface area contributed by atoms with E-state index in [1.807, 2.05) is 0 Å². The lowest BCUT2D eigenvalue weighted by atomic mass is 10.3. The number of aliphatic hydroxyl groups excluding tert-OH is 1. The van der Waals surface area contributed by atoms with E-state index >= 15 is 0 Å². The molecule has 0 aromatic rings. The van der Waals surface area contributed by atoms with Crippen LogP contribution in [0.5, 0.6) is 0 Å². The van der Waals surface area contributed by atoms with Crippen LogP contribution in [-0.2, 0) is 14.3 Å². The van der Waals surface area contributed by atoms with E-state index in [1.54, 1.807) is 6.08 Å². The molecule has 1 aliphatic rings. The van der Waals surface area contributed by atoms with Gasteiger partial charge in [-0.3, -0.25) is 4.79 Å². The van der Waals surface area contributed by atoms with Gasteiger partial charge in [0.2, 0.25) is 0 Å². The first-order valence-corrected chi connectivity index (χ1v) is 3.33. The lowest BCUT2D eigenvalue weighted by Gasteiger charge is -2.19. The molecule has 2 atom stereocenters. The Morgan fingerprint density at radius 1 is 1.73 bits per heavy atom. The Morgan fingerprint density at radius 2 is 2.45 bits per heavy atom. The standard InChI is InChI=1S/C7H10O4/c1-5(8)11-6-2-3-7(9)10-4-6/h2-3,6-7,9H,4H2,1H3/t6-,7?/m0/s1. The van der Waals surface area contributed by atoms with Gasteiger partial charge in [0.25, 0.3) is 0 Å². The Labute approximate surface area is 64.4 Å². The minimum absolute atomic E-state index is 0.219. The summed E-state index contributed by atoms with van der Waals surface area (Å²) >= 11 is 0. The molecule has 1 rings (SSSR count). The van der Waals surface area contributed by atoms with Crippen LogP contribution in [0.4, 0.5) is 0 Å². The molecule has 0 aliphatic carbocycles. The SMILES string of the molecule is CC(=O)O[C@H]1C=CC(O)OC1. The number of aliphatic hydroxyl groups is 1. The molecule has 0 radical (unpaired) electrons. The van der Waals surface area contributed by atoms with E-state index in [1.165, 1.54) is 13.0 Å². The van der Waals surface area contributed by atoms with Crippen molar-refractivity contribution in [2.45, 2.75) is 19.3 Å². The minimum Gasteiger partial charge on any atom is -0.456 e. The molecular weight excluding hydrogens is 148 g/mol. The van der Waals surface area contributed by atoms with Crippen LogP contribution in [0.1, 0.15) is 6.92 Å². The van der Waals surface area contributed by atoms with Gasteiger partial charge in [-0.1, -0.05) is 0 Å². The highest BCUT2D eigenvalue weighted by molar-refractivity contribution is 5.66. The largest absolute Gasteiger partial charge is 0.456 e. The Hall–Kier alpha value is -0.870. The molecule has 1 N–H and O–H groups in total. The van der Waals surface area contributed by atoms with Gasteiger partial charge < -0.3 is 14.6 Å². The molecule has 1 heterocycles. The number of carbonyl (C=O) groups is 1. The second kappa shape index (κ2) is 3.50. The van der Waals surface area contributed by atoms with Crippen molar-refractivity contribution >= 4 is 5.97 Å². The monoisotopic (exact) mass is 158 g/mol. The van der Waals surface area contributed by atoms with E-state index in [0.717, 1.165) is 0 Å². The molecule has 11 heavy (non-hydrogen) atoms. The Balaban J connectivity index is 2.38. The van der Waals surface area contributed by atoms with Crippen LogP contribution in [-0.4, -0.2) is 30.1 Å². The van der Waals surface area contributed by atoms with Crippen LogP contribution in [0.25, 0.3) is 0 Å². The van der Waals surface area contributed by atoms with Crippen LogP contribution in [0.2, 0.25) is 0 Å². The average Bonchev–Trinajstić information content (AvgIpc) is 1.93. The first-order valence-electron chi connectivity index (χ1n) is 3.33. The maximum atomic E-state index is 10.4. The van der Waals surface area contributed by atoms with Crippen LogP contribution in [0, 0.1) is 0 Å². The third kappa shape index (κ3) is 2.69. The summed E-state index contributed by atoms with van der Waals surface area (Å²) in [6.45, 7) is 1.55. The van der Waals surface area contributed by atoms with E-state index in [-0.39, 0.29) is 18.7 Å². The molecule has 4 nitrogen and oxygen atoms in total. The number of ether oxygens (including phenoxy) is 2. The molecule has 0 spiro atoms. The zero-order chi connectivity index (χ0) is 8.27. The Bertz CT molecular complexity index is 175. The van der Waals surface area contributed by atoms with E-state index < -0.39 is 6.29 Å². The minimum atomic E-state index is -0.859. The lowest BCUT2D eigenvalue weighted by Crippen LogP contribution is -2.27. The molecule has 1 aliphatic heterocycles. The first-order chi connectivity index (χ1) is 5.18. The Kier molecular flexibility index (Phi) is 2.62. The molecular formula is C7H10O4. The lowest BCUT2D eigenvalue weighted by molar-refractivity contribution is -0.153.